The van der Waals surface area contributed by atoms with Crippen LogP contribution >= 0.6 is 31.9 Å². The number of primary amides is 2. The molecular formula is C11H12Br2N2O2. The van der Waals surface area contributed by atoms with Crippen LogP contribution in [0.4, 0.5) is 0 Å². The van der Waals surface area contributed by atoms with Crippen LogP contribution in [0.3, 0.4) is 0 Å². The van der Waals surface area contributed by atoms with Crippen molar-refractivity contribution in [2.24, 2.45) is 11.5 Å². The average molecular weight is 364 g/mol. The minimum absolute atomic E-state index is 0.103. The number of carbonyl (C=O) groups is 2. The Morgan fingerprint density at radius 1 is 1.00 bits per heavy atom. The van der Waals surface area contributed by atoms with E-state index in [2.05, 4.69) is 31.9 Å². The van der Waals surface area contributed by atoms with Crippen molar-refractivity contribution in [3.63, 3.8) is 0 Å². The SMILES string of the molecule is NC(=O)CC(CC(N)=O)c1cc(Br)cc(Br)c1. The lowest BCUT2D eigenvalue weighted by Crippen LogP contribution is -2.21. The lowest BCUT2D eigenvalue weighted by molar-refractivity contribution is -0.119. The molecule has 0 spiro atoms. The zero-order valence-corrected chi connectivity index (χ0v) is 12.1. The third-order valence-electron chi connectivity index (χ3n) is 2.25. The Kier molecular flexibility index (Phi) is 5.14. The number of nitrogens with two attached hydrogens (primary N) is 2. The predicted octanol–water partition coefficient (Wildman–Crippen LogP) is 2.05. The van der Waals surface area contributed by atoms with Gasteiger partial charge in [-0.3, -0.25) is 9.59 Å². The fourth-order valence-electron chi connectivity index (χ4n) is 1.60. The van der Waals surface area contributed by atoms with Crippen LogP contribution < -0.4 is 11.5 Å². The van der Waals surface area contributed by atoms with Gasteiger partial charge in [0.2, 0.25) is 11.8 Å². The number of carbonyl (C=O) groups excluding carboxylic acids is 2. The molecule has 6 heteroatoms. The summed E-state index contributed by atoms with van der Waals surface area (Å²) >= 11 is 6.70. The van der Waals surface area contributed by atoms with E-state index in [1.165, 1.54) is 0 Å². The van der Waals surface area contributed by atoms with E-state index in [0.29, 0.717) is 0 Å². The highest BCUT2D eigenvalue weighted by Crippen LogP contribution is 2.29. The first kappa shape index (κ1) is 14.2. The summed E-state index contributed by atoms with van der Waals surface area (Å²) < 4.78 is 1.72. The minimum atomic E-state index is -0.452. The number of benzene rings is 1. The predicted molar refractivity (Wildman–Crippen MR) is 72.2 cm³/mol. The molecule has 0 atom stereocenters. The molecule has 0 aliphatic heterocycles. The fourth-order valence-corrected chi connectivity index (χ4v) is 2.93. The first-order chi connectivity index (χ1) is 7.88. The second kappa shape index (κ2) is 6.16. The quantitative estimate of drug-likeness (QED) is 0.838. The molecule has 1 rings (SSSR count). The number of hydrogen-bond donors (Lipinski definition) is 2. The summed E-state index contributed by atoms with van der Waals surface area (Å²) in [5.41, 5.74) is 11.2. The van der Waals surface area contributed by atoms with Crippen molar-refractivity contribution in [3.05, 3.63) is 32.7 Å². The minimum Gasteiger partial charge on any atom is -0.370 e. The Morgan fingerprint density at radius 3 is 1.76 bits per heavy atom. The van der Waals surface area contributed by atoms with Gasteiger partial charge in [-0.15, -0.1) is 0 Å². The van der Waals surface area contributed by atoms with Crippen molar-refractivity contribution < 1.29 is 9.59 Å². The van der Waals surface area contributed by atoms with Crippen molar-refractivity contribution in [1.29, 1.82) is 0 Å². The molecule has 4 N–H and O–H groups in total. The third kappa shape index (κ3) is 4.87. The molecule has 1 aromatic rings. The monoisotopic (exact) mass is 362 g/mol. The fraction of sp³-hybridized carbons (Fsp3) is 0.273. The maximum absolute atomic E-state index is 11.0. The normalized spacial score (nSPS) is 10.5. The van der Waals surface area contributed by atoms with Gasteiger partial charge in [0.1, 0.15) is 0 Å². The van der Waals surface area contributed by atoms with E-state index < -0.39 is 11.8 Å². The molecule has 4 nitrogen and oxygen atoms in total. The second-order valence-electron chi connectivity index (χ2n) is 3.74. The summed E-state index contributed by atoms with van der Waals surface area (Å²) in [6.45, 7) is 0. The zero-order chi connectivity index (χ0) is 13.0. The Morgan fingerprint density at radius 2 is 1.41 bits per heavy atom. The Hall–Kier alpha value is -0.880. The van der Waals surface area contributed by atoms with Gasteiger partial charge in [0.15, 0.2) is 0 Å². The molecule has 0 fully saturated rings. The standard InChI is InChI=1S/C11H12Br2N2O2/c12-8-1-6(2-9(13)5-8)7(3-10(14)16)4-11(15)17/h1-2,5,7H,3-4H2,(H2,14,16)(H2,15,17). The van der Waals surface area contributed by atoms with E-state index in [1.54, 1.807) is 0 Å². The third-order valence-corrected chi connectivity index (χ3v) is 3.17. The molecule has 1 aromatic carbocycles. The van der Waals surface area contributed by atoms with Gasteiger partial charge >= 0.3 is 0 Å². The van der Waals surface area contributed by atoms with Crippen LogP contribution in [0.5, 0.6) is 0 Å². The summed E-state index contributed by atoms with van der Waals surface area (Å²) in [6.07, 6.45) is 0.206. The molecule has 92 valence electrons. The highest BCUT2D eigenvalue weighted by molar-refractivity contribution is 9.11. The summed E-state index contributed by atoms with van der Waals surface area (Å²) in [4.78, 5) is 22.0. The van der Waals surface area contributed by atoms with Gasteiger partial charge in [-0.2, -0.15) is 0 Å². The Bertz CT molecular complexity index is 413. The maximum Gasteiger partial charge on any atom is 0.218 e. The van der Waals surface area contributed by atoms with Crippen LogP contribution in [0.2, 0.25) is 0 Å². The van der Waals surface area contributed by atoms with Gasteiger partial charge in [-0.1, -0.05) is 31.9 Å². The number of rotatable bonds is 5. The molecule has 0 saturated carbocycles. The summed E-state index contributed by atoms with van der Waals surface area (Å²) in [5.74, 6) is -1.18. The molecular weight excluding hydrogens is 352 g/mol. The highest BCUT2D eigenvalue weighted by Gasteiger charge is 2.18. The molecule has 0 unspecified atom stereocenters. The van der Waals surface area contributed by atoms with E-state index in [9.17, 15) is 9.59 Å². The number of hydrogen-bond acceptors (Lipinski definition) is 2. The van der Waals surface area contributed by atoms with Crippen molar-refractivity contribution in [2.45, 2.75) is 18.8 Å². The van der Waals surface area contributed by atoms with Crippen molar-refractivity contribution in [3.8, 4) is 0 Å². The molecule has 0 aliphatic carbocycles. The van der Waals surface area contributed by atoms with Crippen molar-refractivity contribution in [2.75, 3.05) is 0 Å². The van der Waals surface area contributed by atoms with Gasteiger partial charge < -0.3 is 11.5 Å². The molecule has 0 aliphatic rings. The first-order valence-corrected chi connectivity index (χ1v) is 6.49. The second-order valence-corrected chi connectivity index (χ2v) is 5.57. The molecule has 0 saturated heterocycles. The van der Waals surface area contributed by atoms with Gasteiger partial charge in [0, 0.05) is 27.7 Å². The van der Waals surface area contributed by atoms with Crippen molar-refractivity contribution in [1.82, 2.24) is 0 Å². The van der Waals surface area contributed by atoms with Gasteiger partial charge in [-0.25, -0.2) is 0 Å². The molecule has 0 aromatic heterocycles. The van der Waals surface area contributed by atoms with E-state index in [4.69, 9.17) is 11.5 Å². The molecule has 0 radical (unpaired) electrons. The smallest absolute Gasteiger partial charge is 0.218 e. The van der Waals surface area contributed by atoms with Crippen LogP contribution in [0.15, 0.2) is 27.1 Å². The molecule has 2 amide bonds. The van der Waals surface area contributed by atoms with Gasteiger partial charge in [-0.05, 0) is 23.8 Å². The largest absolute Gasteiger partial charge is 0.370 e. The van der Waals surface area contributed by atoms with E-state index in [0.717, 1.165) is 14.5 Å². The average Bonchev–Trinajstić information content (AvgIpc) is 2.13. The van der Waals surface area contributed by atoms with Gasteiger partial charge in [0.25, 0.3) is 0 Å². The Labute approximate surface area is 116 Å². The maximum atomic E-state index is 11.0. The van der Waals surface area contributed by atoms with Crippen molar-refractivity contribution >= 4 is 43.7 Å². The van der Waals surface area contributed by atoms with Crippen LogP contribution in [0.1, 0.15) is 24.3 Å². The highest BCUT2D eigenvalue weighted by atomic mass is 79.9. The summed E-state index contributed by atoms with van der Waals surface area (Å²) in [5, 5.41) is 0. The lowest BCUT2D eigenvalue weighted by atomic mass is 9.92. The molecule has 17 heavy (non-hydrogen) atoms. The number of halogens is 2. The van der Waals surface area contributed by atoms with Crippen LogP contribution in [-0.2, 0) is 9.59 Å². The summed E-state index contributed by atoms with van der Waals surface area (Å²) in [6, 6.07) is 5.57. The lowest BCUT2D eigenvalue weighted by Gasteiger charge is -2.14. The topological polar surface area (TPSA) is 86.2 Å². The Balaban J connectivity index is 3.02. The van der Waals surface area contributed by atoms with E-state index >= 15 is 0 Å². The molecule has 0 heterocycles. The van der Waals surface area contributed by atoms with Crippen LogP contribution in [-0.4, -0.2) is 11.8 Å². The van der Waals surface area contributed by atoms with E-state index in [1.807, 2.05) is 18.2 Å². The first-order valence-electron chi connectivity index (χ1n) is 4.91. The number of amides is 2. The van der Waals surface area contributed by atoms with Gasteiger partial charge in [0.05, 0.1) is 0 Å². The van der Waals surface area contributed by atoms with Crippen LogP contribution in [0, 0.1) is 0 Å². The zero-order valence-electron chi connectivity index (χ0n) is 8.95. The molecule has 0 bridgehead atoms. The van der Waals surface area contributed by atoms with Crippen LogP contribution in [0.25, 0.3) is 0 Å². The van der Waals surface area contributed by atoms with E-state index in [-0.39, 0.29) is 18.8 Å². The summed E-state index contributed by atoms with van der Waals surface area (Å²) in [7, 11) is 0.